The molecule has 2 aliphatic heterocycles. The van der Waals surface area contributed by atoms with E-state index in [9.17, 15) is 13.2 Å². The number of anilines is 1. The van der Waals surface area contributed by atoms with Gasteiger partial charge in [0.25, 0.3) is 0 Å². The van der Waals surface area contributed by atoms with Gasteiger partial charge >= 0.3 is 0 Å². The number of benzene rings is 1. The van der Waals surface area contributed by atoms with Gasteiger partial charge in [-0.3, -0.25) is 9.69 Å². The molecule has 0 spiro atoms. The minimum Gasteiger partial charge on any atom is -0.312 e. The Morgan fingerprint density at radius 3 is 2.44 bits per heavy atom. The molecule has 1 unspecified atom stereocenters. The standard InChI is InChI=1S/C18H27N3O3S/c1-4-14(2)19-9-11-20(12-10-19)25(23,24)17-5-6-18-16(13-17)7-8-21(18)15(3)22/h5-6,13-14H,4,7-12H2,1-3H3. The number of fused-ring (bicyclic) bond motifs is 1. The number of rotatable bonds is 4. The first-order valence-electron chi connectivity index (χ1n) is 8.99. The van der Waals surface area contributed by atoms with Gasteiger partial charge in [0.1, 0.15) is 0 Å². The Morgan fingerprint density at radius 1 is 1.16 bits per heavy atom. The van der Waals surface area contributed by atoms with Crippen molar-refractivity contribution in [2.24, 2.45) is 0 Å². The van der Waals surface area contributed by atoms with Crippen molar-refractivity contribution in [2.45, 2.75) is 44.6 Å². The summed E-state index contributed by atoms with van der Waals surface area (Å²) in [6.07, 6.45) is 1.78. The zero-order valence-corrected chi connectivity index (χ0v) is 16.1. The average Bonchev–Trinajstić information content (AvgIpc) is 3.04. The topological polar surface area (TPSA) is 60.9 Å². The molecule has 0 radical (unpaired) electrons. The van der Waals surface area contributed by atoms with E-state index in [1.54, 1.807) is 27.4 Å². The molecule has 1 fully saturated rings. The minimum absolute atomic E-state index is 0.00415. The molecule has 1 aromatic carbocycles. The third-order valence-corrected chi connectivity index (χ3v) is 7.35. The third-order valence-electron chi connectivity index (χ3n) is 5.45. The van der Waals surface area contributed by atoms with Gasteiger partial charge in [0.2, 0.25) is 15.9 Å². The first kappa shape index (κ1) is 18.4. The van der Waals surface area contributed by atoms with Crippen molar-refractivity contribution in [3.8, 4) is 0 Å². The molecule has 3 rings (SSSR count). The molecule has 1 amide bonds. The molecule has 2 aliphatic rings. The van der Waals surface area contributed by atoms with Gasteiger partial charge < -0.3 is 4.90 Å². The maximum Gasteiger partial charge on any atom is 0.243 e. The van der Waals surface area contributed by atoms with Crippen molar-refractivity contribution in [3.05, 3.63) is 23.8 Å². The van der Waals surface area contributed by atoms with Crippen LogP contribution in [0.2, 0.25) is 0 Å². The van der Waals surface area contributed by atoms with E-state index in [2.05, 4.69) is 18.7 Å². The first-order valence-corrected chi connectivity index (χ1v) is 10.4. The maximum atomic E-state index is 13.0. The van der Waals surface area contributed by atoms with Crippen LogP contribution in [-0.4, -0.2) is 62.3 Å². The zero-order valence-electron chi connectivity index (χ0n) is 15.2. The lowest BCUT2D eigenvalue weighted by Gasteiger charge is -2.37. The number of nitrogens with zero attached hydrogens (tertiary/aromatic N) is 3. The van der Waals surface area contributed by atoms with E-state index in [-0.39, 0.29) is 5.91 Å². The lowest BCUT2D eigenvalue weighted by molar-refractivity contribution is -0.116. The minimum atomic E-state index is -3.47. The molecular weight excluding hydrogens is 338 g/mol. The molecule has 1 atom stereocenters. The fourth-order valence-electron chi connectivity index (χ4n) is 3.66. The Balaban J connectivity index is 1.77. The van der Waals surface area contributed by atoms with E-state index in [4.69, 9.17) is 0 Å². The van der Waals surface area contributed by atoms with Crippen molar-refractivity contribution in [1.29, 1.82) is 0 Å². The molecular formula is C18H27N3O3S. The molecule has 1 aromatic rings. The number of hydrogen-bond donors (Lipinski definition) is 0. The smallest absolute Gasteiger partial charge is 0.243 e. The normalized spacial score (nSPS) is 20.5. The van der Waals surface area contributed by atoms with Gasteiger partial charge in [-0.05, 0) is 43.5 Å². The Morgan fingerprint density at radius 2 is 1.84 bits per heavy atom. The molecule has 6 nitrogen and oxygen atoms in total. The average molecular weight is 365 g/mol. The molecule has 1 saturated heterocycles. The Bertz CT molecular complexity index is 755. The molecule has 138 valence electrons. The molecule has 0 N–H and O–H groups in total. The summed E-state index contributed by atoms with van der Waals surface area (Å²) < 4.78 is 27.5. The maximum absolute atomic E-state index is 13.0. The van der Waals surface area contributed by atoms with Crippen LogP contribution in [0.5, 0.6) is 0 Å². The SMILES string of the molecule is CCC(C)N1CCN(S(=O)(=O)c2ccc3c(c2)CCN3C(C)=O)CC1. The molecule has 7 heteroatoms. The van der Waals surface area contributed by atoms with E-state index in [1.807, 2.05) is 0 Å². The summed E-state index contributed by atoms with van der Waals surface area (Å²) in [5, 5.41) is 0. The van der Waals surface area contributed by atoms with Crippen molar-refractivity contribution in [3.63, 3.8) is 0 Å². The van der Waals surface area contributed by atoms with E-state index in [0.717, 1.165) is 30.8 Å². The molecule has 0 aromatic heterocycles. The number of amides is 1. The third kappa shape index (κ3) is 3.45. The molecule has 0 saturated carbocycles. The van der Waals surface area contributed by atoms with Crippen LogP contribution in [0, 0.1) is 0 Å². The highest BCUT2D eigenvalue weighted by Crippen LogP contribution is 2.31. The highest BCUT2D eigenvalue weighted by atomic mass is 32.2. The Kier molecular flexibility index (Phi) is 5.18. The second-order valence-electron chi connectivity index (χ2n) is 6.91. The van der Waals surface area contributed by atoms with Crippen molar-refractivity contribution in [1.82, 2.24) is 9.21 Å². The van der Waals surface area contributed by atoms with Crippen LogP contribution in [0.1, 0.15) is 32.8 Å². The van der Waals surface area contributed by atoms with Gasteiger partial charge in [0, 0.05) is 51.4 Å². The molecule has 0 aliphatic carbocycles. The number of piperazine rings is 1. The van der Waals surface area contributed by atoms with Crippen LogP contribution in [0.4, 0.5) is 5.69 Å². The van der Waals surface area contributed by atoms with E-state index in [0.29, 0.717) is 37.0 Å². The van der Waals surface area contributed by atoms with Gasteiger partial charge in [-0.2, -0.15) is 4.31 Å². The Labute approximate surface area is 150 Å². The van der Waals surface area contributed by atoms with Crippen LogP contribution in [0.15, 0.2) is 23.1 Å². The lowest BCUT2D eigenvalue weighted by Crippen LogP contribution is -2.51. The van der Waals surface area contributed by atoms with Crippen LogP contribution in [0.3, 0.4) is 0 Å². The summed E-state index contributed by atoms with van der Waals surface area (Å²) in [7, 11) is -3.47. The largest absolute Gasteiger partial charge is 0.312 e. The highest BCUT2D eigenvalue weighted by molar-refractivity contribution is 7.89. The molecule has 0 bridgehead atoms. The summed E-state index contributed by atoms with van der Waals surface area (Å²) >= 11 is 0. The predicted molar refractivity (Wildman–Crippen MR) is 98.3 cm³/mol. The Hall–Kier alpha value is -1.44. The van der Waals surface area contributed by atoms with Crippen LogP contribution in [0.25, 0.3) is 0 Å². The molecule has 2 heterocycles. The fraction of sp³-hybridized carbons (Fsp3) is 0.611. The van der Waals surface area contributed by atoms with E-state index >= 15 is 0 Å². The summed E-state index contributed by atoms with van der Waals surface area (Å²) in [6, 6.07) is 5.64. The number of carbonyl (C=O) groups is 1. The second kappa shape index (κ2) is 7.05. The highest BCUT2D eigenvalue weighted by Gasteiger charge is 2.31. The summed E-state index contributed by atoms with van der Waals surface area (Å²) in [5.74, 6) is -0.00415. The van der Waals surface area contributed by atoms with E-state index < -0.39 is 10.0 Å². The lowest BCUT2D eigenvalue weighted by atomic mass is 10.2. The summed E-state index contributed by atoms with van der Waals surface area (Å²) in [6.45, 7) is 9.12. The van der Waals surface area contributed by atoms with Gasteiger partial charge in [-0.1, -0.05) is 6.92 Å². The number of sulfonamides is 1. The van der Waals surface area contributed by atoms with Gasteiger partial charge in [-0.25, -0.2) is 8.42 Å². The van der Waals surface area contributed by atoms with Crippen LogP contribution in [-0.2, 0) is 21.2 Å². The van der Waals surface area contributed by atoms with Gasteiger partial charge in [-0.15, -0.1) is 0 Å². The van der Waals surface area contributed by atoms with Crippen molar-refractivity contribution >= 4 is 21.6 Å². The second-order valence-corrected chi connectivity index (χ2v) is 8.85. The van der Waals surface area contributed by atoms with Gasteiger partial charge in [0.05, 0.1) is 4.90 Å². The molecule has 25 heavy (non-hydrogen) atoms. The first-order chi connectivity index (χ1) is 11.8. The summed E-state index contributed by atoms with van der Waals surface area (Å²) in [4.78, 5) is 16.0. The van der Waals surface area contributed by atoms with E-state index in [1.165, 1.54) is 6.92 Å². The monoisotopic (exact) mass is 365 g/mol. The zero-order chi connectivity index (χ0) is 18.2. The summed E-state index contributed by atoms with van der Waals surface area (Å²) in [5.41, 5.74) is 1.78. The van der Waals surface area contributed by atoms with Crippen LogP contribution < -0.4 is 4.90 Å². The fourth-order valence-corrected chi connectivity index (χ4v) is 5.13. The number of hydrogen-bond acceptors (Lipinski definition) is 4. The van der Waals surface area contributed by atoms with Crippen LogP contribution >= 0.6 is 0 Å². The van der Waals surface area contributed by atoms with Gasteiger partial charge in [0.15, 0.2) is 0 Å². The van der Waals surface area contributed by atoms with Crippen molar-refractivity contribution in [2.75, 3.05) is 37.6 Å². The quantitative estimate of drug-likeness (QED) is 0.815. The number of carbonyl (C=O) groups excluding carboxylic acids is 1. The van der Waals surface area contributed by atoms with Crippen molar-refractivity contribution < 1.29 is 13.2 Å². The predicted octanol–water partition coefficient (Wildman–Crippen LogP) is 1.70.